The van der Waals surface area contributed by atoms with Crippen LogP contribution in [0.1, 0.15) is 17.2 Å². The highest BCUT2D eigenvalue weighted by atomic mass is 19.1. The Labute approximate surface area is 235 Å². The van der Waals surface area contributed by atoms with E-state index in [1.807, 2.05) is 30.3 Å². The number of anilines is 1. The van der Waals surface area contributed by atoms with E-state index < -0.39 is 29.9 Å². The molecule has 41 heavy (non-hydrogen) atoms. The number of nitrogens with one attached hydrogen (secondary N) is 2. The molecule has 0 radical (unpaired) electrons. The number of methoxy groups -OCH3 is 2. The average Bonchev–Trinajstić information content (AvgIpc) is 3.52. The van der Waals surface area contributed by atoms with Crippen LogP contribution < -0.4 is 15.4 Å². The lowest BCUT2D eigenvalue weighted by molar-refractivity contribution is -0.154. The standard InChI is InChI=1S/C28H29F2N7O4/c1-17-24(19-13-21(29)27(40-3)32-15-19)35-37(20-7-5-4-6-8-20)26(17)34-28(38)33-22-16-36(11-12-39-2)41-25(22)18-9-10-31-23(30)14-18/h4-10,13-15,22,25H,11-12,16H2,1-3H3,(H2,33,34,38)/t22-,25+/m1/s1. The number of benzene rings is 1. The maximum atomic E-state index is 14.5. The molecule has 0 aliphatic carbocycles. The van der Waals surface area contributed by atoms with Crippen LogP contribution in [0.15, 0.2) is 60.9 Å². The van der Waals surface area contributed by atoms with Crippen LogP contribution in [0.5, 0.6) is 5.88 Å². The lowest BCUT2D eigenvalue weighted by Crippen LogP contribution is -2.42. The molecule has 1 saturated heterocycles. The van der Waals surface area contributed by atoms with Crippen LogP contribution in [-0.2, 0) is 9.57 Å². The summed E-state index contributed by atoms with van der Waals surface area (Å²) >= 11 is 0. The highest BCUT2D eigenvalue weighted by Crippen LogP contribution is 2.33. The molecular weight excluding hydrogens is 536 g/mol. The Balaban J connectivity index is 1.44. The lowest BCUT2D eigenvalue weighted by Gasteiger charge is -2.19. The third kappa shape index (κ3) is 6.16. The zero-order valence-electron chi connectivity index (χ0n) is 22.7. The second kappa shape index (κ2) is 12.4. The van der Waals surface area contributed by atoms with E-state index in [0.29, 0.717) is 53.6 Å². The van der Waals surface area contributed by atoms with Crippen LogP contribution in [0.25, 0.3) is 16.9 Å². The number of nitrogens with zero attached hydrogens (tertiary/aromatic N) is 5. The zero-order valence-corrected chi connectivity index (χ0v) is 22.7. The van der Waals surface area contributed by atoms with Gasteiger partial charge in [-0.25, -0.2) is 23.8 Å². The fraction of sp³-hybridized carbons (Fsp3) is 0.286. The first kappa shape index (κ1) is 28.1. The van der Waals surface area contributed by atoms with Gasteiger partial charge in [0.25, 0.3) is 0 Å². The summed E-state index contributed by atoms with van der Waals surface area (Å²) in [5, 5.41) is 12.2. The third-order valence-corrected chi connectivity index (χ3v) is 6.60. The topological polar surface area (TPSA) is 116 Å². The minimum absolute atomic E-state index is 0.131. The van der Waals surface area contributed by atoms with E-state index in [2.05, 4.69) is 25.7 Å². The SMILES string of the molecule is COCCN1C[C@@H](NC(=O)Nc2c(C)c(-c3cnc(OC)c(F)c3)nn2-c2ccccc2)[C@H](c2ccnc(F)c2)O1. The molecule has 0 unspecified atom stereocenters. The molecule has 2 N–H and O–H groups in total. The van der Waals surface area contributed by atoms with E-state index >= 15 is 0 Å². The first-order valence-corrected chi connectivity index (χ1v) is 12.8. The van der Waals surface area contributed by atoms with Gasteiger partial charge in [0.2, 0.25) is 11.8 Å². The monoisotopic (exact) mass is 565 g/mol. The molecule has 0 saturated carbocycles. The molecule has 0 spiro atoms. The second-order valence-corrected chi connectivity index (χ2v) is 9.31. The summed E-state index contributed by atoms with van der Waals surface area (Å²) in [6.07, 6.45) is 2.15. The van der Waals surface area contributed by atoms with Crippen molar-refractivity contribution in [2.75, 3.05) is 39.2 Å². The Morgan fingerprint density at radius 3 is 2.66 bits per heavy atom. The van der Waals surface area contributed by atoms with Crippen molar-refractivity contribution in [2.24, 2.45) is 0 Å². The number of ether oxygens (including phenoxy) is 2. The van der Waals surface area contributed by atoms with Crippen LogP contribution in [0, 0.1) is 18.7 Å². The minimum atomic E-state index is -0.654. The number of amides is 2. The molecule has 2 amide bonds. The van der Waals surface area contributed by atoms with Crippen molar-refractivity contribution >= 4 is 11.8 Å². The quantitative estimate of drug-likeness (QED) is 0.292. The Bertz CT molecular complexity index is 1520. The number of pyridine rings is 2. The summed E-state index contributed by atoms with van der Waals surface area (Å²) in [4.78, 5) is 27.1. The fourth-order valence-corrected chi connectivity index (χ4v) is 4.63. The fourth-order valence-electron chi connectivity index (χ4n) is 4.63. The van der Waals surface area contributed by atoms with Gasteiger partial charge >= 0.3 is 6.03 Å². The van der Waals surface area contributed by atoms with E-state index in [9.17, 15) is 13.6 Å². The summed E-state index contributed by atoms with van der Waals surface area (Å²) in [5.41, 5.74) is 2.64. The van der Waals surface area contributed by atoms with Gasteiger partial charge in [-0.3, -0.25) is 10.2 Å². The summed E-state index contributed by atoms with van der Waals surface area (Å²) in [6.45, 7) is 2.98. The highest BCUT2D eigenvalue weighted by Gasteiger charge is 2.37. The number of hydrogen-bond acceptors (Lipinski definition) is 8. The highest BCUT2D eigenvalue weighted by molar-refractivity contribution is 5.91. The molecule has 1 aliphatic heterocycles. The van der Waals surface area contributed by atoms with E-state index in [1.165, 1.54) is 31.6 Å². The number of carbonyl (C=O) groups is 1. The van der Waals surface area contributed by atoms with Gasteiger partial charge in [0.1, 0.15) is 11.9 Å². The van der Waals surface area contributed by atoms with E-state index in [4.69, 9.17) is 14.3 Å². The molecule has 5 rings (SSSR count). The molecule has 1 fully saturated rings. The van der Waals surface area contributed by atoms with E-state index in [-0.39, 0.29) is 5.88 Å². The van der Waals surface area contributed by atoms with Gasteiger partial charge in [-0.2, -0.15) is 14.6 Å². The van der Waals surface area contributed by atoms with Gasteiger partial charge in [-0.05, 0) is 42.8 Å². The second-order valence-electron chi connectivity index (χ2n) is 9.31. The van der Waals surface area contributed by atoms with Crippen LogP contribution in [-0.4, -0.2) is 70.8 Å². The summed E-state index contributed by atoms with van der Waals surface area (Å²) in [6, 6.07) is 12.4. The predicted octanol–water partition coefficient (Wildman–Crippen LogP) is 4.05. The van der Waals surface area contributed by atoms with Gasteiger partial charge in [0.15, 0.2) is 5.82 Å². The van der Waals surface area contributed by atoms with Gasteiger partial charge in [-0.15, -0.1) is 0 Å². The molecule has 214 valence electrons. The maximum Gasteiger partial charge on any atom is 0.320 e. The number of aromatic nitrogens is 4. The Hall–Kier alpha value is -4.46. The summed E-state index contributed by atoms with van der Waals surface area (Å²) in [5.74, 6) is -1.04. The minimum Gasteiger partial charge on any atom is -0.479 e. The van der Waals surface area contributed by atoms with Crippen LogP contribution in [0.4, 0.5) is 19.4 Å². The zero-order chi connectivity index (χ0) is 28.9. The molecule has 2 atom stereocenters. The van der Waals surface area contributed by atoms with Gasteiger partial charge in [0.05, 0.1) is 31.1 Å². The number of para-hydroxylation sites is 1. The van der Waals surface area contributed by atoms with E-state index in [1.54, 1.807) is 29.8 Å². The molecule has 0 bridgehead atoms. The molecule has 1 aromatic carbocycles. The van der Waals surface area contributed by atoms with Crippen molar-refractivity contribution in [3.05, 3.63) is 83.8 Å². The first-order chi connectivity index (χ1) is 19.9. The molecule has 13 heteroatoms. The van der Waals surface area contributed by atoms with Crippen molar-refractivity contribution in [1.29, 1.82) is 0 Å². The van der Waals surface area contributed by atoms with Crippen LogP contribution in [0.2, 0.25) is 0 Å². The Kier molecular flexibility index (Phi) is 8.47. The van der Waals surface area contributed by atoms with Crippen LogP contribution in [0.3, 0.4) is 0 Å². The first-order valence-electron chi connectivity index (χ1n) is 12.8. The van der Waals surface area contributed by atoms with Crippen LogP contribution >= 0.6 is 0 Å². The van der Waals surface area contributed by atoms with Crippen molar-refractivity contribution < 1.29 is 27.9 Å². The number of rotatable bonds is 9. The number of urea groups is 1. The van der Waals surface area contributed by atoms with E-state index in [0.717, 1.165) is 0 Å². The van der Waals surface area contributed by atoms with Gasteiger partial charge < -0.3 is 14.8 Å². The number of carbonyl (C=O) groups excluding carboxylic acids is 1. The molecule has 1 aliphatic rings. The predicted molar refractivity (Wildman–Crippen MR) is 145 cm³/mol. The summed E-state index contributed by atoms with van der Waals surface area (Å²) < 4.78 is 40.1. The molecule has 4 aromatic rings. The lowest BCUT2D eigenvalue weighted by atomic mass is 10.0. The average molecular weight is 566 g/mol. The third-order valence-electron chi connectivity index (χ3n) is 6.60. The largest absolute Gasteiger partial charge is 0.479 e. The van der Waals surface area contributed by atoms with Crippen molar-refractivity contribution in [1.82, 2.24) is 30.1 Å². The Morgan fingerprint density at radius 2 is 1.95 bits per heavy atom. The molecule has 3 aromatic heterocycles. The molecular formula is C28H29F2N7O4. The number of hydroxylamine groups is 2. The van der Waals surface area contributed by atoms with Crippen molar-refractivity contribution in [3.63, 3.8) is 0 Å². The number of halogens is 2. The molecule has 11 nitrogen and oxygen atoms in total. The summed E-state index contributed by atoms with van der Waals surface area (Å²) in [7, 11) is 2.92. The maximum absolute atomic E-state index is 14.5. The van der Waals surface area contributed by atoms with Gasteiger partial charge in [0, 0.05) is 43.7 Å². The van der Waals surface area contributed by atoms with Crippen molar-refractivity contribution in [3.8, 4) is 22.8 Å². The normalized spacial score (nSPS) is 17.0. The Morgan fingerprint density at radius 1 is 1.15 bits per heavy atom. The van der Waals surface area contributed by atoms with Gasteiger partial charge in [-0.1, -0.05) is 18.2 Å². The number of hydrogen-bond donors (Lipinski definition) is 2. The van der Waals surface area contributed by atoms with Crippen molar-refractivity contribution in [2.45, 2.75) is 19.1 Å². The molecule has 4 heterocycles. The smallest absolute Gasteiger partial charge is 0.320 e.